The van der Waals surface area contributed by atoms with E-state index in [4.69, 9.17) is 4.74 Å². The molecule has 0 heterocycles. The molecule has 0 bridgehead atoms. The molecule has 0 aliphatic heterocycles. The third-order valence-corrected chi connectivity index (χ3v) is 5.80. The average molecular weight is 434 g/mol. The van der Waals surface area contributed by atoms with Gasteiger partial charge in [-0.25, -0.2) is 18.0 Å². The molecular formula is C27H21F3O2. The third-order valence-electron chi connectivity index (χ3n) is 5.80. The van der Waals surface area contributed by atoms with Gasteiger partial charge in [-0.2, -0.15) is 0 Å². The van der Waals surface area contributed by atoms with Crippen molar-refractivity contribution < 1.29 is 22.7 Å². The van der Waals surface area contributed by atoms with Crippen molar-refractivity contribution in [3.8, 4) is 17.6 Å². The second-order valence-electron chi connectivity index (χ2n) is 7.95. The van der Waals surface area contributed by atoms with E-state index >= 15 is 0 Å². The highest BCUT2D eigenvalue weighted by atomic mass is 19.2. The van der Waals surface area contributed by atoms with Crippen LogP contribution in [0.4, 0.5) is 13.2 Å². The van der Waals surface area contributed by atoms with Crippen molar-refractivity contribution in [2.24, 2.45) is 11.8 Å². The summed E-state index contributed by atoms with van der Waals surface area (Å²) in [5.74, 6) is 2.84. The molecule has 0 radical (unpaired) electrons. The van der Waals surface area contributed by atoms with Crippen LogP contribution in [0.15, 0.2) is 61.2 Å². The van der Waals surface area contributed by atoms with E-state index < -0.39 is 23.4 Å². The first-order valence-corrected chi connectivity index (χ1v) is 10.5. The quantitative estimate of drug-likeness (QED) is 0.149. The summed E-state index contributed by atoms with van der Waals surface area (Å²) in [4.78, 5) is 12.4. The van der Waals surface area contributed by atoms with Crippen LogP contribution in [0.3, 0.4) is 0 Å². The molecule has 0 unspecified atom stereocenters. The normalized spacial score (nSPS) is 18.0. The number of esters is 1. The monoisotopic (exact) mass is 434 g/mol. The minimum Gasteiger partial charge on any atom is -0.423 e. The summed E-state index contributed by atoms with van der Waals surface area (Å²) in [7, 11) is 0. The topological polar surface area (TPSA) is 26.3 Å². The van der Waals surface area contributed by atoms with E-state index in [2.05, 4.69) is 18.4 Å². The molecule has 0 saturated heterocycles. The maximum Gasteiger partial charge on any atom is 0.343 e. The predicted molar refractivity (Wildman–Crippen MR) is 118 cm³/mol. The molecule has 1 aliphatic rings. The van der Waals surface area contributed by atoms with Gasteiger partial charge in [0.15, 0.2) is 17.5 Å². The predicted octanol–water partition coefficient (Wildman–Crippen LogP) is 6.82. The van der Waals surface area contributed by atoms with Crippen LogP contribution in [0, 0.1) is 41.1 Å². The maximum atomic E-state index is 13.8. The van der Waals surface area contributed by atoms with Gasteiger partial charge < -0.3 is 4.74 Å². The molecule has 1 fully saturated rings. The number of halogens is 3. The zero-order valence-electron chi connectivity index (χ0n) is 17.3. The van der Waals surface area contributed by atoms with Gasteiger partial charge in [-0.05, 0) is 85.5 Å². The van der Waals surface area contributed by atoms with Crippen molar-refractivity contribution in [2.75, 3.05) is 0 Å². The lowest BCUT2D eigenvalue weighted by atomic mass is 9.82. The Morgan fingerprint density at radius 3 is 2.38 bits per heavy atom. The van der Waals surface area contributed by atoms with Crippen molar-refractivity contribution in [3.05, 3.63) is 89.8 Å². The van der Waals surface area contributed by atoms with Gasteiger partial charge in [0.05, 0.1) is 5.56 Å². The van der Waals surface area contributed by atoms with Crippen LogP contribution < -0.4 is 4.74 Å². The molecule has 32 heavy (non-hydrogen) atoms. The maximum absolute atomic E-state index is 13.8. The lowest BCUT2D eigenvalue weighted by Gasteiger charge is -2.22. The molecule has 0 N–H and O–H groups in total. The SMILES string of the molecule is C=CC1CCC(C#Cc2ccc(C(=O)Oc3ccc4c(F)c(F)c(F)cc4c3)cc2)CC1. The summed E-state index contributed by atoms with van der Waals surface area (Å²) in [6.45, 7) is 3.86. The number of benzene rings is 3. The van der Waals surface area contributed by atoms with Gasteiger partial charge in [0.25, 0.3) is 0 Å². The molecule has 2 nitrogen and oxygen atoms in total. The van der Waals surface area contributed by atoms with Gasteiger partial charge in [-0.3, -0.25) is 0 Å². The first kappa shape index (κ1) is 21.7. The van der Waals surface area contributed by atoms with Crippen LogP contribution in [0.5, 0.6) is 5.75 Å². The summed E-state index contributed by atoms with van der Waals surface area (Å²) in [5, 5.41) is 0.00375. The molecule has 162 valence electrons. The van der Waals surface area contributed by atoms with E-state index in [-0.39, 0.29) is 16.5 Å². The molecular weight excluding hydrogens is 413 g/mol. The Bertz CT molecular complexity index is 1230. The number of hydrogen-bond acceptors (Lipinski definition) is 2. The summed E-state index contributed by atoms with van der Waals surface area (Å²) in [6, 6.07) is 11.5. The molecule has 1 saturated carbocycles. The lowest BCUT2D eigenvalue weighted by Crippen LogP contribution is -2.11. The number of allylic oxidation sites excluding steroid dienone is 1. The summed E-state index contributed by atoms with van der Waals surface area (Å²) in [5.41, 5.74) is 1.13. The smallest absolute Gasteiger partial charge is 0.343 e. The second kappa shape index (κ2) is 9.32. The zero-order chi connectivity index (χ0) is 22.7. The van der Waals surface area contributed by atoms with E-state index in [0.29, 0.717) is 17.4 Å². The number of fused-ring (bicyclic) bond motifs is 1. The molecule has 5 heteroatoms. The Hall–Kier alpha value is -3.52. The summed E-state index contributed by atoms with van der Waals surface area (Å²) >= 11 is 0. The molecule has 0 atom stereocenters. The van der Waals surface area contributed by atoms with Crippen molar-refractivity contribution >= 4 is 16.7 Å². The van der Waals surface area contributed by atoms with Crippen LogP contribution in [-0.2, 0) is 0 Å². The number of carbonyl (C=O) groups is 1. The van der Waals surface area contributed by atoms with Crippen molar-refractivity contribution in [2.45, 2.75) is 25.7 Å². The second-order valence-corrected chi connectivity index (χ2v) is 7.95. The Balaban J connectivity index is 1.43. The molecule has 0 spiro atoms. The minimum absolute atomic E-state index is 0.0930. The van der Waals surface area contributed by atoms with Gasteiger partial charge in [0.2, 0.25) is 0 Å². The lowest BCUT2D eigenvalue weighted by molar-refractivity contribution is 0.0735. The summed E-state index contributed by atoms with van der Waals surface area (Å²) < 4.78 is 46.0. The molecule has 0 aromatic heterocycles. The van der Waals surface area contributed by atoms with E-state index in [0.717, 1.165) is 37.3 Å². The molecule has 4 rings (SSSR count). The zero-order valence-corrected chi connectivity index (χ0v) is 17.3. The van der Waals surface area contributed by atoms with Crippen molar-refractivity contribution in [1.29, 1.82) is 0 Å². The van der Waals surface area contributed by atoms with Crippen molar-refractivity contribution in [1.82, 2.24) is 0 Å². The van der Waals surface area contributed by atoms with Crippen LogP contribution in [0.2, 0.25) is 0 Å². The first-order chi connectivity index (χ1) is 15.4. The van der Waals surface area contributed by atoms with Crippen LogP contribution >= 0.6 is 0 Å². The fourth-order valence-electron chi connectivity index (χ4n) is 3.89. The van der Waals surface area contributed by atoms with Crippen LogP contribution in [-0.4, -0.2) is 5.97 Å². The van der Waals surface area contributed by atoms with Crippen LogP contribution in [0.25, 0.3) is 10.8 Å². The van der Waals surface area contributed by atoms with E-state index in [9.17, 15) is 18.0 Å². The third kappa shape index (κ3) is 4.70. The molecule has 1 aliphatic carbocycles. The Labute approximate surface area is 184 Å². The molecule has 3 aromatic carbocycles. The van der Waals surface area contributed by atoms with Gasteiger partial charge in [0, 0.05) is 16.9 Å². The first-order valence-electron chi connectivity index (χ1n) is 10.5. The number of ether oxygens (including phenoxy) is 1. The largest absolute Gasteiger partial charge is 0.423 e. The summed E-state index contributed by atoms with van der Waals surface area (Å²) in [6.07, 6.45) is 6.41. The van der Waals surface area contributed by atoms with Gasteiger partial charge >= 0.3 is 5.97 Å². The van der Waals surface area contributed by atoms with E-state index in [1.165, 1.54) is 18.2 Å². The molecule has 0 amide bonds. The van der Waals surface area contributed by atoms with Gasteiger partial charge in [0.1, 0.15) is 5.75 Å². The van der Waals surface area contributed by atoms with E-state index in [1.807, 2.05) is 6.08 Å². The van der Waals surface area contributed by atoms with Gasteiger partial charge in [-0.15, -0.1) is 6.58 Å². The van der Waals surface area contributed by atoms with Crippen molar-refractivity contribution in [3.63, 3.8) is 0 Å². The Morgan fingerprint density at radius 2 is 1.69 bits per heavy atom. The molecule has 3 aromatic rings. The Morgan fingerprint density at radius 1 is 0.969 bits per heavy atom. The number of hydrogen-bond donors (Lipinski definition) is 0. The number of rotatable bonds is 3. The highest BCUT2D eigenvalue weighted by Crippen LogP contribution is 2.29. The minimum atomic E-state index is -1.53. The number of carbonyl (C=O) groups excluding carboxylic acids is 1. The van der Waals surface area contributed by atoms with Gasteiger partial charge in [-0.1, -0.05) is 17.9 Å². The standard InChI is InChI=1S/C27H21F3O2/c1-2-17-3-5-18(6-4-17)7-8-19-9-11-20(12-10-19)27(31)32-22-13-14-23-21(15-22)16-24(28)26(30)25(23)29/h2,9-18H,1,3-6H2. The highest BCUT2D eigenvalue weighted by Gasteiger charge is 2.17. The highest BCUT2D eigenvalue weighted by molar-refractivity contribution is 5.92. The van der Waals surface area contributed by atoms with E-state index in [1.54, 1.807) is 24.3 Å². The fourth-order valence-corrected chi connectivity index (χ4v) is 3.89. The average Bonchev–Trinajstić information content (AvgIpc) is 2.82. The van der Waals surface area contributed by atoms with Crippen LogP contribution in [0.1, 0.15) is 41.6 Å². The fraction of sp³-hybridized carbons (Fsp3) is 0.222. The Kier molecular flexibility index (Phi) is 6.32.